The van der Waals surface area contributed by atoms with Gasteiger partial charge in [0.25, 0.3) is 0 Å². The Morgan fingerprint density at radius 1 is 0.538 bits per heavy atom. The second-order valence-corrected chi connectivity index (χ2v) is 16.7. The molecule has 0 aromatic heterocycles. The summed E-state index contributed by atoms with van der Waals surface area (Å²) in [6.45, 7) is 0.369. The molecule has 2 amide bonds. The van der Waals surface area contributed by atoms with E-state index in [1.165, 1.54) is 6.07 Å². The van der Waals surface area contributed by atoms with E-state index < -0.39 is 23.9 Å². The van der Waals surface area contributed by atoms with Crippen LogP contribution in [0.1, 0.15) is 22.3 Å². The van der Waals surface area contributed by atoms with Crippen molar-refractivity contribution in [2.45, 2.75) is 37.8 Å². The van der Waals surface area contributed by atoms with Crippen LogP contribution >= 0.6 is 95.6 Å². The molecule has 2 unspecified atom stereocenters. The van der Waals surface area contributed by atoms with Crippen LogP contribution in [0.5, 0.6) is 34.5 Å². The Hall–Kier alpha value is -2.90. The molecular formula is C34H26Br6N4O8. The van der Waals surface area contributed by atoms with Crippen molar-refractivity contribution in [2.75, 3.05) is 13.1 Å². The monoisotopic (exact) mass is 1090 g/mol. The first-order chi connectivity index (χ1) is 24.8. The topological polar surface area (TPSA) is 176 Å². The first-order valence-electron chi connectivity index (χ1n) is 15.3. The first-order valence-corrected chi connectivity index (χ1v) is 20.1. The number of ether oxygens (including phenoxy) is 2. The molecule has 272 valence electrons. The van der Waals surface area contributed by atoms with Crippen LogP contribution in [0, 0.1) is 9.81 Å². The van der Waals surface area contributed by atoms with Crippen LogP contribution in [0.25, 0.3) is 0 Å². The van der Waals surface area contributed by atoms with Crippen molar-refractivity contribution in [3.05, 3.63) is 107 Å². The average Bonchev–Trinajstić information content (AvgIpc) is 3.09. The highest BCUT2D eigenvalue weighted by Gasteiger charge is 2.24. The third-order valence-corrected chi connectivity index (χ3v) is 11.4. The number of hydrogen-bond acceptors (Lipinski definition) is 10. The summed E-state index contributed by atoms with van der Waals surface area (Å²) in [5.74, 6) is -0.666. The maximum Gasteiger partial charge on any atom is 0.248 e. The van der Waals surface area contributed by atoms with Gasteiger partial charge in [0.15, 0.2) is 46.6 Å². The fourth-order valence-corrected chi connectivity index (χ4v) is 9.14. The van der Waals surface area contributed by atoms with E-state index in [-0.39, 0.29) is 59.2 Å². The maximum atomic E-state index is 13.0. The number of phenolic OH excluding ortho intramolecular Hbond substituents is 2. The summed E-state index contributed by atoms with van der Waals surface area (Å²) in [6.07, 6.45) is 0.639. The Morgan fingerprint density at radius 2 is 0.865 bits per heavy atom. The lowest BCUT2D eigenvalue weighted by atomic mass is 10.0. The van der Waals surface area contributed by atoms with E-state index in [1.54, 1.807) is 42.5 Å². The Balaban J connectivity index is 1.48. The minimum absolute atomic E-state index is 0.0213. The molecular weight excluding hydrogens is 1070 g/mol. The highest BCUT2D eigenvalue weighted by Crippen LogP contribution is 2.45. The number of halogens is 6. The summed E-state index contributed by atoms with van der Waals surface area (Å²) >= 11 is 20.7. The summed E-state index contributed by atoms with van der Waals surface area (Å²) in [7, 11) is 0. The fraction of sp³-hybridized carbons (Fsp3) is 0.235. The van der Waals surface area contributed by atoms with Crippen LogP contribution in [-0.4, -0.2) is 47.2 Å². The number of aromatic hydroxyl groups is 2. The van der Waals surface area contributed by atoms with Crippen molar-refractivity contribution >= 4 is 107 Å². The number of nitrogens with zero attached hydrogens (tertiary/aromatic N) is 2. The van der Waals surface area contributed by atoms with Crippen molar-refractivity contribution in [3.8, 4) is 34.5 Å². The number of nitroso groups, excluding NO2 is 2. The summed E-state index contributed by atoms with van der Waals surface area (Å²) in [5, 5.41) is 33.2. The zero-order valence-electron chi connectivity index (χ0n) is 26.5. The lowest BCUT2D eigenvalue weighted by Gasteiger charge is -2.17. The highest BCUT2D eigenvalue weighted by atomic mass is 79.9. The molecule has 0 spiro atoms. The van der Waals surface area contributed by atoms with E-state index in [4.69, 9.17) is 9.47 Å². The molecule has 4 aromatic rings. The van der Waals surface area contributed by atoms with Crippen molar-refractivity contribution in [3.63, 3.8) is 0 Å². The minimum Gasteiger partial charge on any atom is -0.503 e. The molecule has 52 heavy (non-hydrogen) atoms. The van der Waals surface area contributed by atoms with Crippen LogP contribution < -0.4 is 20.1 Å². The average molecular weight is 1100 g/mol. The molecule has 0 aliphatic carbocycles. The number of carbonyl (C=O) groups is 2. The van der Waals surface area contributed by atoms with E-state index in [2.05, 4.69) is 117 Å². The van der Waals surface area contributed by atoms with Gasteiger partial charge in [0, 0.05) is 25.9 Å². The van der Waals surface area contributed by atoms with Crippen LogP contribution in [0.2, 0.25) is 0 Å². The number of amides is 2. The van der Waals surface area contributed by atoms with Gasteiger partial charge in [-0.1, -0.05) is 10.4 Å². The van der Waals surface area contributed by atoms with Crippen molar-refractivity contribution < 1.29 is 29.3 Å². The molecule has 4 aliphatic rings. The molecule has 4 aliphatic heterocycles. The Labute approximate surface area is 347 Å². The van der Waals surface area contributed by atoms with E-state index >= 15 is 0 Å². The van der Waals surface area contributed by atoms with E-state index in [1.807, 2.05) is 0 Å². The molecule has 8 bridgehead atoms. The lowest BCUT2D eigenvalue weighted by molar-refractivity contribution is -0.123. The number of rotatable bonds is 2. The van der Waals surface area contributed by atoms with Crippen molar-refractivity contribution in [2.24, 2.45) is 10.4 Å². The van der Waals surface area contributed by atoms with Crippen LogP contribution in [0.3, 0.4) is 0 Å². The molecule has 4 aromatic carbocycles. The number of carbonyl (C=O) groups excluding carboxylic acids is 2. The minimum atomic E-state index is -1.28. The quantitative estimate of drug-likeness (QED) is 0.144. The Kier molecular flexibility index (Phi) is 13.9. The summed E-state index contributed by atoms with van der Waals surface area (Å²) in [5.41, 5.74) is 2.61. The Bertz CT molecular complexity index is 2020. The number of hydrogen-bond donors (Lipinski definition) is 4. The van der Waals surface area contributed by atoms with Gasteiger partial charge >= 0.3 is 0 Å². The maximum absolute atomic E-state index is 13.0. The third kappa shape index (κ3) is 9.79. The van der Waals surface area contributed by atoms with Gasteiger partial charge in [-0.25, -0.2) is 0 Å². The SMILES string of the molecule is O=NC1Cc2cc(Br)c(c(Br)c2)Oc2cc(cc(Br)c2O)CC(N=O)C(=O)NCCc2cc(Br)c(c(Br)c2)Oc2cc(cc(Br)c2O)CCNC1=O. The second kappa shape index (κ2) is 18.0. The van der Waals surface area contributed by atoms with Crippen LogP contribution in [0.4, 0.5) is 0 Å². The second-order valence-electron chi connectivity index (χ2n) is 11.6. The van der Waals surface area contributed by atoms with Gasteiger partial charge in [-0.2, -0.15) is 0 Å². The predicted molar refractivity (Wildman–Crippen MR) is 215 cm³/mol. The van der Waals surface area contributed by atoms with Gasteiger partial charge in [-0.15, -0.1) is 9.81 Å². The number of benzene rings is 4. The lowest BCUT2D eigenvalue weighted by Crippen LogP contribution is -2.35. The first kappa shape index (κ1) is 40.3. The summed E-state index contributed by atoms with van der Waals surface area (Å²) in [4.78, 5) is 49.7. The zero-order valence-corrected chi connectivity index (χ0v) is 36.0. The van der Waals surface area contributed by atoms with E-state index in [0.717, 1.165) is 11.1 Å². The molecule has 8 rings (SSSR count). The molecule has 0 radical (unpaired) electrons. The van der Waals surface area contributed by atoms with Gasteiger partial charge < -0.3 is 30.3 Å². The highest BCUT2D eigenvalue weighted by molar-refractivity contribution is 9.11. The third-order valence-electron chi connectivity index (χ3n) is 7.86. The van der Waals surface area contributed by atoms with Gasteiger partial charge in [-0.3, -0.25) is 9.59 Å². The molecule has 0 saturated carbocycles. The molecule has 4 N–H and O–H groups in total. The van der Waals surface area contributed by atoms with Crippen molar-refractivity contribution in [1.82, 2.24) is 10.6 Å². The molecule has 18 heteroatoms. The number of phenols is 2. The Morgan fingerprint density at radius 3 is 1.29 bits per heavy atom. The standard InChI is InChI=1S/C34H26Br6N4O8/c35-19-5-16-2-4-42-33(47)25(43-49)11-17-9-23(39)32(24(40)10-17)52-28-14-18(8-20(36)30(28)46)12-26(44-50)34(48)41-3-1-15-6-21(37)31(22(38)7-15)51-27(13-16)29(19)45/h5-10,13-14,25-26,45-46H,1-4,11-12H2,(H,41,48)(H,42,47). The van der Waals surface area contributed by atoms with Crippen LogP contribution in [0.15, 0.2) is 85.7 Å². The molecule has 0 saturated heterocycles. The largest absolute Gasteiger partial charge is 0.503 e. The van der Waals surface area contributed by atoms with Gasteiger partial charge in [0.2, 0.25) is 11.8 Å². The van der Waals surface area contributed by atoms with Crippen molar-refractivity contribution in [1.29, 1.82) is 0 Å². The fourth-order valence-electron chi connectivity index (χ4n) is 5.27. The van der Waals surface area contributed by atoms with E-state index in [9.17, 15) is 29.6 Å². The van der Waals surface area contributed by atoms with E-state index in [0.29, 0.717) is 52.1 Å². The predicted octanol–water partition coefficient (Wildman–Crippen LogP) is 9.64. The van der Waals surface area contributed by atoms with Gasteiger partial charge in [0.05, 0.1) is 26.8 Å². The molecule has 4 heterocycles. The molecule has 2 atom stereocenters. The van der Waals surface area contributed by atoms with Crippen LogP contribution in [-0.2, 0) is 35.3 Å². The zero-order chi connectivity index (χ0) is 37.7. The summed E-state index contributed by atoms with van der Waals surface area (Å²) in [6, 6.07) is 10.8. The number of nitrogens with one attached hydrogen (secondary N) is 2. The smallest absolute Gasteiger partial charge is 0.248 e. The molecule has 12 nitrogen and oxygen atoms in total. The molecule has 0 fully saturated rings. The van der Waals surface area contributed by atoms with Gasteiger partial charge in [-0.05, 0) is 179 Å². The van der Waals surface area contributed by atoms with Gasteiger partial charge in [0.1, 0.15) is 0 Å². The summed E-state index contributed by atoms with van der Waals surface area (Å²) < 4.78 is 14.8. The normalized spacial score (nSPS) is 17.2.